The second kappa shape index (κ2) is 6.48. The first kappa shape index (κ1) is 15.0. The number of benzene rings is 2. The number of carbonyl (C=O) groups excluding carboxylic acids is 1. The average molecular weight is 332 g/mol. The van der Waals surface area contributed by atoms with Gasteiger partial charge in [-0.3, -0.25) is 4.79 Å². The van der Waals surface area contributed by atoms with Gasteiger partial charge in [0.05, 0.1) is 5.02 Å². The van der Waals surface area contributed by atoms with E-state index < -0.39 is 0 Å². The van der Waals surface area contributed by atoms with Crippen LogP contribution in [0.1, 0.15) is 15.2 Å². The number of thiophene rings is 1. The molecule has 0 atom stereocenters. The highest BCUT2D eigenvalue weighted by Gasteiger charge is 2.16. The van der Waals surface area contributed by atoms with Crippen molar-refractivity contribution in [1.29, 1.82) is 0 Å². The Bertz CT molecular complexity index is 811. The van der Waals surface area contributed by atoms with Gasteiger partial charge in [0, 0.05) is 22.4 Å². The monoisotopic (exact) mass is 331 g/mol. The molecule has 5 heteroatoms. The number of hydrogen-bond donors (Lipinski definition) is 2. The fourth-order valence-electron chi connectivity index (χ4n) is 2.23. The van der Waals surface area contributed by atoms with Gasteiger partial charge in [-0.2, -0.15) is 0 Å². The van der Waals surface area contributed by atoms with Crippen LogP contribution in [0.2, 0.25) is 5.02 Å². The molecule has 0 unspecified atom stereocenters. The quantitative estimate of drug-likeness (QED) is 0.747. The van der Waals surface area contributed by atoms with Crippen LogP contribution in [0.4, 0.5) is 5.69 Å². The van der Waals surface area contributed by atoms with Crippen molar-refractivity contribution in [3.8, 4) is 0 Å². The van der Waals surface area contributed by atoms with E-state index in [-0.39, 0.29) is 12.5 Å². The van der Waals surface area contributed by atoms with Crippen LogP contribution in [0.25, 0.3) is 10.1 Å². The molecule has 0 radical (unpaired) electrons. The van der Waals surface area contributed by atoms with E-state index in [4.69, 9.17) is 16.7 Å². The highest BCUT2D eigenvalue weighted by atomic mass is 35.5. The molecule has 0 spiro atoms. The van der Waals surface area contributed by atoms with Gasteiger partial charge in [-0.1, -0.05) is 41.9 Å². The molecule has 0 aliphatic carbocycles. The van der Waals surface area contributed by atoms with Gasteiger partial charge in [0.25, 0.3) is 5.91 Å². The van der Waals surface area contributed by atoms with Crippen molar-refractivity contribution in [3.63, 3.8) is 0 Å². The van der Waals surface area contributed by atoms with Crippen molar-refractivity contribution in [2.24, 2.45) is 0 Å². The number of amides is 1. The summed E-state index contributed by atoms with van der Waals surface area (Å²) < 4.78 is 0.996. The maximum atomic E-state index is 12.4. The summed E-state index contributed by atoms with van der Waals surface area (Å²) in [5.74, 6) is -0.207. The van der Waals surface area contributed by atoms with Crippen LogP contribution < -0.4 is 5.32 Å². The number of nitrogens with one attached hydrogen (secondary N) is 1. The first-order valence-electron chi connectivity index (χ1n) is 6.87. The van der Waals surface area contributed by atoms with Crippen LogP contribution in [-0.2, 0) is 6.42 Å². The molecule has 0 bridgehead atoms. The van der Waals surface area contributed by atoms with E-state index in [2.05, 4.69) is 5.32 Å². The Morgan fingerprint density at radius 1 is 1.14 bits per heavy atom. The van der Waals surface area contributed by atoms with Crippen LogP contribution in [0.15, 0.2) is 48.5 Å². The summed E-state index contributed by atoms with van der Waals surface area (Å²) in [6, 6.07) is 15.1. The van der Waals surface area contributed by atoms with Crippen LogP contribution in [0, 0.1) is 0 Å². The van der Waals surface area contributed by atoms with Crippen LogP contribution in [0.5, 0.6) is 0 Å². The van der Waals surface area contributed by atoms with E-state index in [1.807, 2.05) is 48.5 Å². The number of anilines is 1. The van der Waals surface area contributed by atoms with Crippen LogP contribution >= 0.6 is 22.9 Å². The SMILES string of the molecule is O=C(Nc1ccc(CCO)cc1)c1sc2ccccc2c1Cl. The molecule has 3 nitrogen and oxygen atoms in total. The average Bonchev–Trinajstić information content (AvgIpc) is 2.87. The lowest BCUT2D eigenvalue weighted by atomic mass is 10.1. The largest absolute Gasteiger partial charge is 0.396 e. The standard InChI is InChI=1S/C17H14ClNO2S/c18-15-13-3-1-2-4-14(13)22-16(15)17(21)19-12-7-5-11(6-8-12)9-10-20/h1-8,20H,9-10H2,(H,19,21). The lowest BCUT2D eigenvalue weighted by Crippen LogP contribution is -2.10. The Hall–Kier alpha value is -1.88. The van der Waals surface area contributed by atoms with Gasteiger partial charge in [-0.05, 0) is 30.2 Å². The minimum atomic E-state index is -0.207. The van der Waals surface area contributed by atoms with E-state index in [9.17, 15) is 4.79 Å². The van der Waals surface area contributed by atoms with Gasteiger partial charge < -0.3 is 10.4 Å². The Morgan fingerprint density at radius 2 is 1.86 bits per heavy atom. The minimum absolute atomic E-state index is 0.114. The number of fused-ring (bicyclic) bond motifs is 1. The normalized spacial score (nSPS) is 10.8. The topological polar surface area (TPSA) is 49.3 Å². The number of aliphatic hydroxyl groups is 1. The van der Waals surface area contributed by atoms with Gasteiger partial charge >= 0.3 is 0 Å². The smallest absolute Gasteiger partial charge is 0.267 e. The summed E-state index contributed by atoms with van der Waals surface area (Å²) in [5, 5.41) is 13.1. The van der Waals surface area contributed by atoms with E-state index in [0.717, 1.165) is 15.6 Å². The molecule has 1 amide bonds. The summed E-state index contributed by atoms with van der Waals surface area (Å²) in [5.41, 5.74) is 1.74. The molecule has 22 heavy (non-hydrogen) atoms. The Labute approximate surface area is 137 Å². The molecule has 3 rings (SSSR count). The molecule has 3 aromatic rings. The molecule has 2 aromatic carbocycles. The van der Waals surface area contributed by atoms with Crippen molar-refractivity contribution in [1.82, 2.24) is 0 Å². The molecule has 112 valence electrons. The first-order valence-corrected chi connectivity index (χ1v) is 8.06. The Morgan fingerprint density at radius 3 is 2.55 bits per heavy atom. The third kappa shape index (κ3) is 2.99. The summed E-state index contributed by atoms with van der Waals surface area (Å²) in [7, 11) is 0. The van der Waals surface area contributed by atoms with E-state index in [1.165, 1.54) is 11.3 Å². The van der Waals surface area contributed by atoms with Crippen molar-refractivity contribution >= 4 is 44.6 Å². The second-order valence-corrected chi connectivity index (χ2v) is 6.30. The lowest BCUT2D eigenvalue weighted by Gasteiger charge is -2.05. The summed E-state index contributed by atoms with van der Waals surface area (Å²) in [6.45, 7) is 0.114. The Kier molecular flexibility index (Phi) is 4.43. The van der Waals surface area contributed by atoms with E-state index in [1.54, 1.807) is 0 Å². The first-order chi connectivity index (χ1) is 10.7. The molecule has 1 aromatic heterocycles. The molecular formula is C17H14ClNO2S. The number of carbonyl (C=O) groups is 1. The zero-order valence-electron chi connectivity index (χ0n) is 11.7. The summed E-state index contributed by atoms with van der Waals surface area (Å²) in [6.07, 6.45) is 0.608. The third-order valence-corrected chi connectivity index (χ3v) is 5.03. The molecule has 0 aliphatic heterocycles. The summed E-state index contributed by atoms with van der Waals surface area (Å²) in [4.78, 5) is 12.9. The zero-order chi connectivity index (χ0) is 15.5. The third-order valence-electron chi connectivity index (χ3n) is 3.35. The highest BCUT2D eigenvalue weighted by molar-refractivity contribution is 7.21. The van der Waals surface area contributed by atoms with E-state index >= 15 is 0 Å². The van der Waals surface area contributed by atoms with Crippen molar-refractivity contribution in [2.75, 3.05) is 11.9 Å². The lowest BCUT2D eigenvalue weighted by molar-refractivity contribution is 0.103. The van der Waals surface area contributed by atoms with Gasteiger partial charge in [0.15, 0.2) is 0 Å². The van der Waals surface area contributed by atoms with Crippen LogP contribution in [-0.4, -0.2) is 17.6 Å². The van der Waals surface area contributed by atoms with Crippen molar-refractivity contribution in [3.05, 3.63) is 64.0 Å². The minimum Gasteiger partial charge on any atom is -0.396 e. The predicted molar refractivity (Wildman–Crippen MR) is 92.0 cm³/mol. The Balaban J connectivity index is 1.82. The van der Waals surface area contributed by atoms with Crippen LogP contribution in [0.3, 0.4) is 0 Å². The van der Waals surface area contributed by atoms with Gasteiger partial charge in [-0.15, -0.1) is 11.3 Å². The van der Waals surface area contributed by atoms with Gasteiger partial charge in [0.2, 0.25) is 0 Å². The zero-order valence-corrected chi connectivity index (χ0v) is 13.2. The van der Waals surface area contributed by atoms with Gasteiger partial charge in [0.1, 0.15) is 4.88 Å². The number of rotatable bonds is 4. The fraction of sp³-hybridized carbons (Fsp3) is 0.118. The molecule has 0 aliphatic rings. The van der Waals surface area contributed by atoms with Crippen molar-refractivity contribution < 1.29 is 9.90 Å². The second-order valence-electron chi connectivity index (χ2n) is 4.87. The highest BCUT2D eigenvalue weighted by Crippen LogP contribution is 2.35. The number of halogens is 1. The molecule has 1 heterocycles. The number of hydrogen-bond acceptors (Lipinski definition) is 3. The predicted octanol–water partition coefficient (Wildman–Crippen LogP) is 4.34. The summed E-state index contributed by atoms with van der Waals surface area (Å²) >= 11 is 7.69. The molecule has 0 saturated heterocycles. The van der Waals surface area contributed by atoms with E-state index in [0.29, 0.717) is 22.0 Å². The number of aliphatic hydroxyl groups excluding tert-OH is 1. The molecule has 2 N–H and O–H groups in total. The molecular weight excluding hydrogens is 318 g/mol. The maximum Gasteiger partial charge on any atom is 0.267 e. The molecule has 0 saturated carbocycles. The van der Waals surface area contributed by atoms with Crippen molar-refractivity contribution in [2.45, 2.75) is 6.42 Å². The van der Waals surface area contributed by atoms with Gasteiger partial charge in [-0.25, -0.2) is 0 Å². The maximum absolute atomic E-state index is 12.4. The fourth-order valence-corrected chi connectivity index (χ4v) is 3.64. The molecule has 0 fully saturated rings.